The molecular weight excluding hydrogens is 374 g/mol. The topological polar surface area (TPSA) is 70.6 Å². The Kier molecular flexibility index (Phi) is 5.48. The van der Waals surface area contributed by atoms with Crippen molar-refractivity contribution in [2.45, 2.75) is 5.75 Å². The van der Waals surface area contributed by atoms with Crippen molar-refractivity contribution >= 4 is 33.2 Å². The van der Waals surface area contributed by atoms with Crippen molar-refractivity contribution in [1.82, 2.24) is 9.88 Å². The van der Waals surface area contributed by atoms with E-state index >= 15 is 0 Å². The predicted octanol–water partition coefficient (Wildman–Crippen LogP) is 2.24. The molecular formula is C18H20ClN3O3S. The number of pyridine rings is 1. The molecule has 138 valence electrons. The van der Waals surface area contributed by atoms with Crippen LogP contribution in [0.2, 0.25) is 5.15 Å². The lowest BCUT2D eigenvalue weighted by molar-refractivity contribution is 0.0746. The van der Waals surface area contributed by atoms with Gasteiger partial charge in [-0.1, -0.05) is 29.8 Å². The van der Waals surface area contributed by atoms with Gasteiger partial charge in [0.05, 0.1) is 5.75 Å². The molecule has 0 spiro atoms. The highest BCUT2D eigenvalue weighted by Crippen LogP contribution is 2.18. The first-order valence-electron chi connectivity index (χ1n) is 8.25. The van der Waals surface area contributed by atoms with Gasteiger partial charge < -0.3 is 9.80 Å². The van der Waals surface area contributed by atoms with Gasteiger partial charge in [-0.25, -0.2) is 13.4 Å². The van der Waals surface area contributed by atoms with E-state index in [4.69, 9.17) is 11.6 Å². The Balaban J connectivity index is 1.66. The number of rotatable bonds is 4. The first-order chi connectivity index (χ1) is 12.3. The summed E-state index contributed by atoms with van der Waals surface area (Å²) in [4.78, 5) is 20.9. The van der Waals surface area contributed by atoms with Crippen LogP contribution in [0.1, 0.15) is 15.9 Å². The van der Waals surface area contributed by atoms with Gasteiger partial charge in [0.2, 0.25) is 0 Å². The lowest BCUT2D eigenvalue weighted by atomic mass is 10.1. The summed E-state index contributed by atoms with van der Waals surface area (Å²) in [6.07, 6.45) is 1.19. The monoisotopic (exact) mass is 393 g/mol. The summed E-state index contributed by atoms with van der Waals surface area (Å²) in [5.41, 5.74) is 1.14. The number of halogens is 1. The van der Waals surface area contributed by atoms with Gasteiger partial charge in [0.15, 0.2) is 9.84 Å². The van der Waals surface area contributed by atoms with Gasteiger partial charge >= 0.3 is 0 Å². The summed E-state index contributed by atoms with van der Waals surface area (Å²) >= 11 is 5.94. The van der Waals surface area contributed by atoms with E-state index in [1.165, 1.54) is 6.26 Å². The quantitative estimate of drug-likeness (QED) is 0.745. The molecule has 1 aromatic heterocycles. The van der Waals surface area contributed by atoms with Crippen molar-refractivity contribution in [1.29, 1.82) is 0 Å². The van der Waals surface area contributed by atoms with E-state index in [0.29, 0.717) is 42.5 Å². The SMILES string of the molecule is CS(=O)(=O)Cc1cccc(C(=O)N2CCN(c3cccc(Cl)n3)CC2)c1. The van der Waals surface area contributed by atoms with E-state index in [9.17, 15) is 13.2 Å². The van der Waals surface area contributed by atoms with Gasteiger partial charge in [0.25, 0.3) is 5.91 Å². The van der Waals surface area contributed by atoms with Crippen LogP contribution in [0.4, 0.5) is 5.82 Å². The van der Waals surface area contributed by atoms with Gasteiger partial charge in [0, 0.05) is 38.0 Å². The number of amides is 1. The van der Waals surface area contributed by atoms with Crippen LogP contribution >= 0.6 is 11.6 Å². The Labute approximate surface area is 158 Å². The standard InChI is InChI=1S/C18H20ClN3O3S/c1-26(24,25)13-14-4-2-5-15(12-14)18(23)22-10-8-21(9-11-22)17-7-3-6-16(19)20-17/h2-7,12H,8-11,13H2,1H3. The van der Waals surface area contributed by atoms with Crippen molar-refractivity contribution in [3.05, 3.63) is 58.7 Å². The van der Waals surface area contributed by atoms with E-state index in [0.717, 1.165) is 5.82 Å². The minimum Gasteiger partial charge on any atom is -0.353 e. The summed E-state index contributed by atoms with van der Waals surface area (Å²) in [5.74, 6) is 0.654. The third-order valence-electron chi connectivity index (χ3n) is 4.19. The number of nitrogens with zero attached hydrogens (tertiary/aromatic N) is 3. The molecule has 1 amide bonds. The van der Waals surface area contributed by atoms with Crippen molar-refractivity contribution in [2.24, 2.45) is 0 Å². The second-order valence-corrected chi connectivity index (χ2v) is 8.90. The van der Waals surface area contributed by atoms with Crippen LogP contribution < -0.4 is 4.90 Å². The minimum atomic E-state index is -3.14. The van der Waals surface area contributed by atoms with Gasteiger partial charge in [-0.3, -0.25) is 4.79 Å². The highest BCUT2D eigenvalue weighted by Gasteiger charge is 2.23. The maximum absolute atomic E-state index is 12.7. The Bertz CT molecular complexity index is 909. The van der Waals surface area contributed by atoms with Crippen molar-refractivity contribution in [2.75, 3.05) is 37.3 Å². The molecule has 2 aromatic rings. The first-order valence-corrected chi connectivity index (χ1v) is 10.7. The zero-order valence-electron chi connectivity index (χ0n) is 14.4. The molecule has 0 saturated carbocycles. The van der Waals surface area contributed by atoms with E-state index in [-0.39, 0.29) is 11.7 Å². The number of sulfone groups is 1. The number of carbonyl (C=O) groups is 1. The smallest absolute Gasteiger partial charge is 0.253 e. The van der Waals surface area contributed by atoms with Gasteiger partial charge in [-0.05, 0) is 29.8 Å². The average molecular weight is 394 g/mol. The number of carbonyl (C=O) groups excluding carboxylic acids is 1. The van der Waals surface area contributed by atoms with Crippen molar-refractivity contribution in [3.63, 3.8) is 0 Å². The maximum Gasteiger partial charge on any atom is 0.253 e. The Morgan fingerprint density at radius 3 is 2.46 bits per heavy atom. The van der Waals surface area contributed by atoms with E-state index in [2.05, 4.69) is 9.88 Å². The minimum absolute atomic E-state index is 0.0671. The fourth-order valence-electron chi connectivity index (χ4n) is 2.99. The molecule has 2 heterocycles. The fourth-order valence-corrected chi connectivity index (χ4v) is 3.94. The molecule has 0 bridgehead atoms. The molecule has 1 saturated heterocycles. The van der Waals surface area contributed by atoms with Crippen LogP contribution in [0, 0.1) is 0 Å². The van der Waals surface area contributed by atoms with Gasteiger partial charge in [-0.2, -0.15) is 0 Å². The van der Waals surface area contributed by atoms with Gasteiger partial charge in [-0.15, -0.1) is 0 Å². The van der Waals surface area contributed by atoms with Crippen LogP contribution in [-0.4, -0.2) is 56.6 Å². The predicted molar refractivity (Wildman–Crippen MR) is 102 cm³/mol. The zero-order valence-corrected chi connectivity index (χ0v) is 16.0. The molecule has 0 unspecified atom stereocenters. The molecule has 0 aliphatic carbocycles. The molecule has 1 fully saturated rings. The normalized spacial score (nSPS) is 15.2. The van der Waals surface area contributed by atoms with Crippen LogP contribution in [-0.2, 0) is 15.6 Å². The fraction of sp³-hybridized carbons (Fsp3) is 0.333. The van der Waals surface area contributed by atoms with Crippen LogP contribution in [0.3, 0.4) is 0 Å². The largest absolute Gasteiger partial charge is 0.353 e. The Morgan fingerprint density at radius 2 is 1.81 bits per heavy atom. The maximum atomic E-state index is 12.7. The Hall–Kier alpha value is -2.12. The highest BCUT2D eigenvalue weighted by atomic mass is 35.5. The van der Waals surface area contributed by atoms with Crippen LogP contribution in [0.25, 0.3) is 0 Å². The number of anilines is 1. The van der Waals surface area contributed by atoms with Crippen molar-refractivity contribution < 1.29 is 13.2 Å². The van der Waals surface area contributed by atoms with Crippen LogP contribution in [0.15, 0.2) is 42.5 Å². The van der Waals surface area contributed by atoms with Gasteiger partial charge in [0.1, 0.15) is 11.0 Å². The number of piperazine rings is 1. The second kappa shape index (κ2) is 7.63. The molecule has 1 aliphatic rings. The number of hydrogen-bond acceptors (Lipinski definition) is 5. The zero-order chi connectivity index (χ0) is 18.7. The molecule has 0 N–H and O–H groups in total. The lowest BCUT2D eigenvalue weighted by Crippen LogP contribution is -2.49. The van der Waals surface area contributed by atoms with E-state index in [1.54, 1.807) is 35.2 Å². The molecule has 1 aliphatic heterocycles. The summed E-state index contributed by atoms with van der Waals surface area (Å²) in [7, 11) is -3.14. The molecule has 3 rings (SSSR count). The third kappa shape index (κ3) is 4.74. The lowest BCUT2D eigenvalue weighted by Gasteiger charge is -2.35. The number of aromatic nitrogens is 1. The van der Waals surface area contributed by atoms with E-state index in [1.807, 2.05) is 12.1 Å². The molecule has 8 heteroatoms. The van der Waals surface area contributed by atoms with Crippen LogP contribution in [0.5, 0.6) is 0 Å². The van der Waals surface area contributed by atoms with Crippen molar-refractivity contribution in [3.8, 4) is 0 Å². The highest BCUT2D eigenvalue weighted by molar-refractivity contribution is 7.89. The molecule has 0 atom stereocenters. The number of hydrogen-bond donors (Lipinski definition) is 0. The third-order valence-corrected chi connectivity index (χ3v) is 5.26. The Morgan fingerprint density at radius 1 is 1.12 bits per heavy atom. The summed E-state index contributed by atoms with van der Waals surface area (Å²) in [6.45, 7) is 2.48. The first kappa shape index (κ1) is 18.7. The molecule has 6 nitrogen and oxygen atoms in total. The number of benzene rings is 1. The average Bonchev–Trinajstić information content (AvgIpc) is 2.60. The van der Waals surface area contributed by atoms with E-state index < -0.39 is 9.84 Å². The molecule has 26 heavy (non-hydrogen) atoms. The summed E-state index contributed by atoms with van der Waals surface area (Å²) in [6, 6.07) is 12.3. The molecule has 0 radical (unpaired) electrons. The summed E-state index contributed by atoms with van der Waals surface area (Å²) in [5, 5.41) is 0.448. The molecule has 1 aromatic carbocycles. The second-order valence-electron chi connectivity index (χ2n) is 6.37. The summed E-state index contributed by atoms with van der Waals surface area (Å²) < 4.78 is 22.9.